The van der Waals surface area contributed by atoms with Crippen molar-refractivity contribution in [2.75, 3.05) is 45.3 Å². The summed E-state index contributed by atoms with van der Waals surface area (Å²) >= 11 is 0. The van der Waals surface area contributed by atoms with Crippen LogP contribution in [0.4, 0.5) is 5.82 Å². The molecule has 0 saturated carbocycles. The van der Waals surface area contributed by atoms with Gasteiger partial charge in [-0.15, -0.1) is 0 Å². The number of anilines is 1. The van der Waals surface area contributed by atoms with E-state index >= 15 is 0 Å². The van der Waals surface area contributed by atoms with Crippen LogP contribution in [-0.2, 0) is 11.3 Å². The molecule has 1 amide bonds. The van der Waals surface area contributed by atoms with Crippen LogP contribution in [0.3, 0.4) is 0 Å². The predicted octanol–water partition coefficient (Wildman–Crippen LogP) is 2.33. The molecule has 0 aliphatic carbocycles. The summed E-state index contributed by atoms with van der Waals surface area (Å²) in [5, 5.41) is 8.29. The smallest absolute Gasteiger partial charge is 0.277 e. The first-order chi connectivity index (χ1) is 14.2. The number of rotatable bonds is 6. The number of para-hydroxylation sites is 1. The highest BCUT2D eigenvalue weighted by Gasteiger charge is 2.21. The number of carbonyl (C=O) groups is 1. The van der Waals surface area contributed by atoms with E-state index in [1.54, 1.807) is 13.3 Å². The Hall–Kier alpha value is -2.97. The van der Waals surface area contributed by atoms with Crippen molar-refractivity contribution in [3.63, 3.8) is 0 Å². The van der Waals surface area contributed by atoms with E-state index in [1.165, 1.54) is 0 Å². The molecule has 1 N–H and O–H groups in total. The van der Waals surface area contributed by atoms with Gasteiger partial charge in [0.15, 0.2) is 5.69 Å². The lowest BCUT2D eigenvalue weighted by Crippen LogP contribution is -2.38. The number of amides is 1. The minimum atomic E-state index is -0.282. The molecule has 0 atom stereocenters. The van der Waals surface area contributed by atoms with Crippen LogP contribution in [0.5, 0.6) is 5.75 Å². The lowest BCUT2D eigenvalue weighted by atomic mass is 10.2. The highest BCUT2D eigenvalue weighted by Crippen LogP contribution is 2.28. The summed E-state index contributed by atoms with van der Waals surface area (Å²) in [4.78, 5) is 19.6. The summed E-state index contributed by atoms with van der Waals surface area (Å²) in [6, 6.07) is 9.41. The Morgan fingerprint density at radius 3 is 2.79 bits per heavy atom. The summed E-state index contributed by atoms with van der Waals surface area (Å²) < 4.78 is 12.8. The number of aryl methyl sites for hydroxylation is 1. The first kappa shape index (κ1) is 19.4. The molecular formula is C21H25N5O3. The third kappa shape index (κ3) is 4.08. The van der Waals surface area contributed by atoms with Gasteiger partial charge in [0.05, 0.1) is 26.9 Å². The largest absolute Gasteiger partial charge is 0.494 e. The molecule has 29 heavy (non-hydrogen) atoms. The molecule has 2 aromatic heterocycles. The zero-order valence-electron chi connectivity index (χ0n) is 16.7. The fraction of sp³-hybridized carbons (Fsp3) is 0.381. The number of pyridine rings is 1. The summed E-state index contributed by atoms with van der Waals surface area (Å²) in [5.74, 6) is 0.955. The van der Waals surface area contributed by atoms with Crippen molar-refractivity contribution in [2.45, 2.75) is 13.5 Å². The second kappa shape index (κ2) is 8.59. The quantitative estimate of drug-likeness (QED) is 0.690. The molecule has 1 fully saturated rings. The number of fused-ring (bicyclic) bond motifs is 1. The molecular weight excluding hydrogens is 370 g/mol. The Labute approximate surface area is 169 Å². The summed E-state index contributed by atoms with van der Waals surface area (Å²) in [5.41, 5.74) is 2.09. The average molecular weight is 395 g/mol. The van der Waals surface area contributed by atoms with Crippen molar-refractivity contribution in [3.05, 3.63) is 47.8 Å². The number of hydrogen-bond donors (Lipinski definition) is 1. The van der Waals surface area contributed by atoms with Crippen LogP contribution in [0.15, 0.2) is 36.5 Å². The molecule has 1 aromatic carbocycles. The number of nitrogens with one attached hydrogen (secondary N) is 1. The number of hydrogen-bond acceptors (Lipinski definition) is 6. The van der Waals surface area contributed by atoms with Gasteiger partial charge in [-0.3, -0.25) is 14.4 Å². The summed E-state index contributed by atoms with van der Waals surface area (Å²) in [6.07, 6.45) is 1.66. The molecule has 0 bridgehead atoms. The van der Waals surface area contributed by atoms with Gasteiger partial charge in [-0.1, -0.05) is 18.2 Å². The number of benzene rings is 1. The molecule has 1 aliphatic heterocycles. The molecule has 152 valence electrons. The molecule has 3 aromatic rings. The summed E-state index contributed by atoms with van der Waals surface area (Å²) in [7, 11) is 1.63. The van der Waals surface area contributed by atoms with Gasteiger partial charge in [-0.25, -0.2) is 4.98 Å². The second-order valence-corrected chi connectivity index (χ2v) is 7.01. The monoisotopic (exact) mass is 395 g/mol. The fourth-order valence-electron chi connectivity index (χ4n) is 3.54. The molecule has 3 heterocycles. The van der Waals surface area contributed by atoms with E-state index in [2.05, 4.69) is 20.3 Å². The molecule has 8 heteroatoms. The van der Waals surface area contributed by atoms with Crippen molar-refractivity contribution in [1.82, 2.24) is 19.7 Å². The van der Waals surface area contributed by atoms with Crippen molar-refractivity contribution in [2.24, 2.45) is 0 Å². The topological polar surface area (TPSA) is 81.5 Å². The van der Waals surface area contributed by atoms with Crippen LogP contribution in [0.2, 0.25) is 0 Å². The zero-order chi connectivity index (χ0) is 20.2. The van der Waals surface area contributed by atoms with Crippen LogP contribution >= 0.6 is 0 Å². The lowest BCUT2D eigenvalue weighted by Gasteiger charge is -2.26. The van der Waals surface area contributed by atoms with Gasteiger partial charge in [0.1, 0.15) is 17.1 Å². The molecule has 4 rings (SSSR count). The van der Waals surface area contributed by atoms with E-state index in [-0.39, 0.29) is 5.91 Å². The van der Waals surface area contributed by atoms with Crippen LogP contribution in [0.25, 0.3) is 10.9 Å². The average Bonchev–Trinajstić information content (AvgIpc) is 3.14. The number of nitrogens with zero attached hydrogens (tertiary/aromatic N) is 4. The Bertz CT molecular complexity index is 1010. The van der Waals surface area contributed by atoms with Gasteiger partial charge in [-0.2, -0.15) is 5.10 Å². The Morgan fingerprint density at radius 2 is 2.03 bits per heavy atom. The Balaban J connectivity index is 1.65. The van der Waals surface area contributed by atoms with Crippen molar-refractivity contribution < 1.29 is 14.3 Å². The maximum Gasteiger partial charge on any atom is 0.277 e. The zero-order valence-corrected chi connectivity index (χ0v) is 16.7. The number of carbonyl (C=O) groups excluding carboxylic acids is 1. The van der Waals surface area contributed by atoms with E-state index in [1.807, 2.05) is 41.9 Å². The summed E-state index contributed by atoms with van der Waals surface area (Å²) in [6.45, 7) is 6.71. The number of ether oxygens (including phenoxy) is 2. The molecule has 0 radical (unpaired) electrons. The lowest BCUT2D eigenvalue weighted by molar-refractivity contribution is 0.0361. The van der Waals surface area contributed by atoms with Gasteiger partial charge >= 0.3 is 0 Å². The maximum absolute atomic E-state index is 13.0. The first-order valence-corrected chi connectivity index (χ1v) is 9.74. The van der Waals surface area contributed by atoms with Crippen LogP contribution in [0.1, 0.15) is 16.1 Å². The third-order valence-corrected chi connectivity index (χ3v) is 5.14. The van der Waals surface area contributed by atoms with Gasteiger partial charge in [0.2, 0.25) is 0 Å². The number of methoxy groups -OCH3 is 1. The minimum absolute atomic E-state index is 0.282. The number of morpholine rings is 1. The predicted molar refractivity (Wildman–Crippen MR) is 110 cm³/mol. The van der Waals surface area contributed by atoms with Crippen LogP contribution in [-0.4, -0.2) is 65.5 Å². The Morgan fingerprint density at radius 1 is 1.21 bits per heavy atom. The maximum atomic E-state index is 13.0. The molecule has 0 spiro atoms. The van der Waals surface area contributed by atoms with E-state index in [0.29, 0.717) is 23.8 Å². The minimum Gasteiger partial charge on any atom is -0.494 e. The van der Waals surface area contributed by atoms with E-state index < -0.39 is 0 Å². The van der Waals surface area contributed by atoms with E-state index in [4.69, 9.17) is 9.47 Å². The van der Waals surface area contributed by atoms with Gasteiger partial charge in [0.25, 0.3) is 5.91 Å². The van der Waals surface area contributed by atoms with Gasteiger partial charge < -0.3 is 14.8 Å². The van der Waals surface area contributed by atoms with Crippen LogP contribution in [0, 0.1) is 6.92 Å². The fourth-order valence-corrected chi connectivity index (χ4v) is 3.54. The first-order valence-electron chi connectivity index (χ1n) is 9.74. The second-order valence-electron chi connectivity index (χ2n) is 7.01. The number of aromatic nitrogens is 3. The standard InChI is InChI=1S/C21H25N5O3/c1-15-5-4-8-22-20(15)23-21(27)18-16-6-3-7-17(28-2)19(16)26(24-18)10-9-25-11-13-29-14-12-25/h3-8H,9-14H2,1-2H3,(H,22,23,27). The Kier molecular flexibility index (Phi) is 5.73. The van der Waals surface area contributed by atoms with Crippen molar-refractivity contribution in [3.8, 4) is 5.75 Å². The molecule has 1 saturated heterocycles. The normalized spacial score (nSPS) is 14.8. The van der Waals surface area contributed by atoms with Crippen LogP contribution < -0.4 is 10.1 Å². The van der Waals surface area contributed by atoms with Crippen molar-refractivity contribution >= 4 is 22.6 Å². The third-order valence-electron chi connectivity index (χ3n) is 5.14. The molecule has 8 nitrogen and oxygen atoms in total. The van der Waals surface area contributed by atoms with Gasteiger partial charge in [-0.05, 0) is 24.6 Å². The van der Waals surface area contributed by atoms with Crippen molar-refractivity contribution in [1.29, 1.82) is 0 Å². The highest BCUT2D eigenvalue weighted by molar-refractivity contribution is 6.11. The molecule has 1 aliphatic rings. The van der Waals surface area contributed by atoms with E-state index in [9.17, 15) is 4.79 Å². The molecule has 0 unspecified atom stereocenters. The SMILES string of the molecule is COc1cccc2c(C(=O)Nc3ncccc3C)nn(CCN3CCOCC3)c12. The van der Waals surface area contributed by atoms with E-state index in [0.717, 1.165) is 49.3 Å². The highest BCUT2D eigenvalue weighted by atomic mass is 16.5. The van der Waals surface area contributed by atoms with Gasteiger partial charge in [0, 0.05) is 31.2 Å².